The molecule has 1 aliphatic heterocycles. The van der Waals surface area contributed by atoms with Crippen LogP contribution in [-0.2, 0) is 0 Å². The van der Waals surface area contributed by atoms with Crippen LogP contribution in [0.25, 0.3) is 16.9 Å². The fraction of sp³-hybridized carbons (Fsp3) is 0.333. The zero-order chi connectivity index (χ0) is 24.7. The molecule has 1 aromatic carbocycles. The maximum atomic E-state index is 13.4. The molecule has 0 bridgehead atoms. The summed E-state index contributed by atoms with van der Waals surface area (Å²) >= 11 is 0. The normalized spacial score (nSPS) is 14.2. The maximum Gasteiger partial charge on any atom is 0.291 e. The lowest BCUT2D eigenvalue weighted by atomic mass is 10.0. The van der Waals surface area contributed by atoms with Crippen molar-refractivity contribution in [1.82, 2.24) is 39.6 Å². The van der Waals surface area contributed by atoms with Crippen molar-refractivity contribution in [3.63, 3.8) is 0 Å². The third-order valence-corrected chi connectivity index (χ3v) is 6.09. The lowest BCUT2D eigenvalue weighted by Crippen LogP contribution is -2.50. The molecule has 1 fully saturated rings. The van der Waals surface area contributed by atoms with Crippen molar-refractivity contribution in [3.8, 4) is 11.3 Å². The average Bonchev–Trinajstić information content (AvgIpc) is 3.49. The predicted molar refractivity (Wildman–Crippen MR) is 125 cm³/mol. The number of amides is 2. The molecule has 4 heterocycles. The standard InChI is InChI=1S/C24H25FN8O2/c1-14(2)18-12-19(16-4-6-17(25)7-5-16)30-33-13-20(27-22(18)33)23(34)31-8-10-32(11-9-31)24(35)21-26-15(3)28-29-21/h4-7,12-14H,8-11H2,1-3H3,(H,26,28,29). The van der Waals surface area contributed by atoms with Gasteiger partial charge in [-0.15, -0.1) is 0 Å². The largest absolute Gasteiger partial charge is 0.334 e. The summed E-state index contributed by atoms with van der Waals surface area (Å²) in [4.78, 5) is 37.9. The Hall–Kier alpha value is -4.15. The Morgan fingerprint density at radius 1 is 1.00 bits per heavy atom. The van der Waals surface area contributed by atoms with Crippen molar-refractivity contribution in [1.29, 1.82) is 0 Å². The Morgan fingerprint density at radius 3 is 2.26 bits per heavy atom. The first-order chi connectivity index (χ1) is 16.8. The Labute approximate surface area is 200 Å². The number of halogens is 1. The first-order valence-corrected chi connectivity index (χ1v) is 11.4. The van der Waals surface area contributed by atoms with Crippen LogP contribution in [-0.4, -0.2) is 77.6 Å². The zero-order valence-corrected chi connectivity index (χ0v) is 19.7. The third kappa shape index (κ3) is 4.36. The van der Waals surface area contributed by atoms with Crippen LogP contribution in [0.15, 0.2) is 36.5 Å². The number of aryl methyl sites for hydroxylation is 1. The molecule has 1 aliphatic rings. The first-order valence-electron chi connectivity index (χ1n) is 11.4. The van der Waals surface area contributed by atoms with Crippen LogP contribution < -0.4 is 0 Å². The lowest BCUT2D eigenvalue weighted by Gasteiger charge is -2.33. The second-order valence-corrected chi connectivity index (χ2v) is 8.86. The van der Waals surface area contributed by atoms with Gasteiger partial charge in [0, 0.05) is 37.3 Å². The van der Waals surface area contributed by atoms with Gasteiger partial charge in [0.1, 0.15) is 17.3 Å². The van der Waals surface area contributed by atoms with Crippen molar-refractivity contribution in [2.24, 2.45) is 0 Å². The van der Waals surface area contributed by atoms with Gasteiger partial charge in [-0.25, -0.2) is 18.9 Å². The average molecular weight is 477 g/mol. The number of carbonyl (C=O) groups excluding carboxylic acids is 2. The molecule has 35 heavy (non-hydrogen) atoms. The molecule has 0 atom stereocenters. The summed E-state index contributed by atoms with van der Waals surface area (Å²) in [5.74, 6) is 0.0880. The first kappa shape index (κ1) is 22.6. The number of piperazine rings is 1. The Morgan fingerprint density at radius 2 is 1.66 bits per heavy atom. The summed E-state index contributed by atoms with van der Waals surface area (Å²) < 4.78 is 15.0. The van der Waals surface area contributed by atoms with E-state index in [2.05, 4.69) is 25.3 Å². The Balaban J connectivity index is 1.37. The summed E-state index contributed by atoms with van der Waals surface area (Å²) in [5.41, 5.74) is 3.30. The minimum absolute atomic E-state index is 0.138. The van der Waals surface area contributed by atoms with E-state index in [0.717, 1.165) is 11.1 Å². The molecule has 180 valence electrons. The van der Waals surface area contributed by atoms with E-state index in [1.807, 2.05) is 19.9 Å². The van der Waals surface area contributed by atoms with Crippen LogP contribution >= 0.6 is 0 Å². The molecule has 10 nitrogen and oxygen atoms in total. The van der Waals surface area contributed by atoms with E-state index in [1.54, 1.807) is 39.6 Å². The SMILES string of the molecule is Cc1n[nH]c(C(=O)N2CCN(C(=O)c3cn4nc(-c5ccc(F)cc5)cc(C(C)C)c4n3)CC2)n1. The van der Waals surface area contributed by atoms with Gasteiger partial charge in [-0.1, -0.05) is 13.8 Å². The number of H-pyrrole nitrogens is 1. The second-order valence-electron chi connectivity index (χ2n) is 8.86. The monoisotopic (exact) mass is 476 g/mol. The minimum Gasteiger partial charge on any atom is -0.334 e. The van der Waals surface area contributed by atoms with Crippen LogP contribution in [0.2, 0.25) is 0 Å². The molecule has 0 unspecified atom stereocenters. The molecular formula is C24H25FN8O2. The molecule has 0 aliphatic carbocycles. The van der Waals surface area contributed by atoms with E-state index in [9.17, 15) is 14.0 Å². The van der Waals surface area contributed by atoms with Crippen molar-refractivity contribution in [3.05, 3.63) is 65.3 Å². The van der Waals surface area contributed by atoms with Gasteiger partial charge in [-0.3, -0.25) is 14.7 Å². The zero-order valence-electron chi connectivity index (χ0n) is 19.7. The van der Waals surface area contributed by atoms with Crippen LogP contribution in [0, 0.1) is 12.7 Å². The highest BCUT2D eigenvalue weighted by molar-refractivity contribution is 5.94. The van der Waals surface area contributed by atoms with Gasteiger partial charge in [0.2, 0.25) is 5.82 Å². The van der Waals surface area contributed by atoms with Gasteiger partial charge in [0.05, 0.1) is 11.9 Å². The van der Waals surface area contributed by atoms with Crippen molar-refractivity contribution < 1.29 is 14.0 Å². The molecule has 3 aromatic heterocycles. The highest BCUT2D eigenvalue weighted by Crippen LogP contribution is 2.26. The summed E-state index contributed by atoms with van der Waals surface area (Å²) in [6.07, 6.45) is 1.63. The molecular weight excluding hydrogens is 451 g/mol. The van der Waals surface area contributed by atoms with Crippen LogP contribution in [0.1, 0.15) is 52.3 Å². The van der Waals surface area contributed by atoms with Crippen molar-refractivity contribution in [2.75, 3.05) is 26.2 Å². The number of fused-ring (bicyclic) bond motifs is 1. The molecule has 0 saturated carbocycles. The number of imidazole rings is 1. The van der Waals surface area contributed by atoms with Gasteiger partial charge >= 0.3 is 0 Å². The van der Waals surface area contributed by atoms with E-state index < -0.39 is 0 Å². The molecule has 2 amide bonds. The lowest BCUT2D eigenvalue weighted by molar-refractivity contribution is 0.0526. The number of benzene rings is 1. The van der Waals surface area contributed by atoms with E-state index in [4.69, 9.17) is 0 Å². The number of hydrogen-bond acceptors (Lipinski definition) is 6. The molecule has 1 N–H and O–H groups in total. The van der Waals surface area contributed by atoms with Gasteiger partial charge in [0.15, 0.2) is 5.65 Å². The molecule has 5 rings (SSSR count). The van der Waals surface area contributed by atoms with Gasteiger partial charge in [-0.2, -0.15) is 10.2 Å². The predicted octanol–water partition coefficient (Wildman–Crippen LogP) is 2.68. The Kier molecular flexibility index (Phi) is 5.75. The topological polar surface area (TPSA) is 112 Å². The highest BCUT2D eigenvalue weighted by atomic mass is 19.1. The number of nitrogens with zero attached hydrogens (tertiary/aromatic N) is 7. The fourth-order valence-corrected chi connectivity index (χ4v) is 4.16. The summed E-state index contributed by atoms with van der Waals surface area (Å²) in [6.45, 7) is 7.36. The van der Waals surface area contributed by atoms with E-state index in [-0.39, 0.29) is 29.4 Å². The molecule has 11 heteroatoms. The quantitative estimate of drug-likeness (QED) is 0.485. The smallest absolute Gasteiger partial charge is 0.291 e. The van der Waals surface area contributed by atoms with E-state index >= 15 is 0 Å². The number of rotatable bonds is 4. The van der Waals surface area contributed by atoms with Crippen molar-refractivity contribution in [2.45, 2.75) is 26.7 Å². The van der Waals surface area contributed by atoms with Gasteiger partial charge in [0.25, 0.3) is 11.8 Å². The van der Waals surface area contributed by atoms with E-state index in [1.165, 1.54) is 12.1 Å². The number of carbonyl (C=O) groups is 2. The second kappa shape index (κ2) is 8.90. The molecule has 0 spiro atoms. The number of nitrogens with one attached hydrogen (secondary N) is 1. The van der Waals surface area contributed by atoms with Crippen LogP contribution in [0.4, 0.5) is 4.39 Å². The third-order valence-electron chi connectivity index (χ3n) is 6.09. The Bertz CT molecular complexity index is 1400. The minimum atomic E-state index is -0.313. The van der Waals surface area contributed by atoms with Crippen LogP contribution in [0.3, 0.4) is 0 Å². The maximum absolute atomic E-state index is 13.4. The number of aromatic nitrogens is 6. The highest BCUT2D eigenvalue weighted by Gasteiger charge is 2.28. The molecule has 1 saturated heterocycles. The van der Waals surface area contributed by atoms with Crippen molar-refractivity contribution >= 4 is 17.5 Å². The number of hydrogen-bond donors (Lipinski definition) is 1. The fourth-order valence-electron chi connectivity index (χ4n) is 4.16. The summed E-state index contributed by atoms with van der Waals surface area (Å²) in [5, 5.41) is 11.2. The van der Waals surface area contributed by atoms with Gasteiger partial charge < -0.3 is 9.80 Å². The molecule has 4 aromatic rings. The summed E-state index contributed by atoms with van der Waals surface area (Å²) in [6, 6.07) is 8.08. The van der Waals surface area contributed by atoms with Crippen LogP contribution in [0.5, 0.6) is 0 Å². The summed E-state index contributed by atoms with van der Waals surface area (Å²) in [7, 11) is 0. The van der Waals surface area contributed by atoms with E-state index in [0.29, 0.717) is 49.0 Å². The van der Waals surface area contributed by atoms with Gasteiger partial charge in [-0.05, 0) is 43.2 Å². The number of aromatic amines is 1. The molecule has 0 radical (unpaired) electrons.